The fourth-order valence-electron chi connectivity index (χ4n) is 2.79. The van der Waals surface area contributed by atoms with E-state index >= 15 is 0 Å². The van der Waals surface area contributed by atoms with E-state index in [-0.39, 0.29) is 35.9 Å². The van der Waals surface area contributed by atoms with E-state index in [4.69, 9.17) is 4.74 Å². The predicted molar refractivity (Wildman–Crippen MR) is 92.2 cm³/mol. The van der Waals surface area contributed by atoms with Crippen LogP contribution in [0.3, 0.4) is 0 Å². The first-order valence-electron chi connectivity index (χ1n) is 8.66. The van der Waals surface area contributed by atoms with Crippen molar-refractivity contribution in [3.63, 3.8) is 0 Å². The van der Waals surface area contributed by atoms with E-state index in [1.54, 1.807) is 13.8 Å². The van der Waals surface area contributed by atoms with Gasteiger partial charge in [-0.05, 0) is 45.6 Å². The van der Waals surface area contributed by atoms with Gasteiger partial charge in [0.25, 0.3) is 0 Å². The SMILES string of the molecule is CCOc1ccc(Nc2nc(C)nn([C@H](C)C3CC3)c2=O)c(C(F)(F)F)n1. The summed E-state index contributed by atoms with van der Waals surface area (Å²) in [7, 11) is 0. The summed E-state index contributed by atoms with van der Waals surface area (Å²) in [4.78, 5) is 20.2. The topological polar surface area (TPSA) is 81.9 Å². The van der Waals surface area contributed by atoms with E-state index in [9.17, 15) is 18.0 Å². The Labute approximate surface area is 153 Å². The molecule has 10 heteroatoms. The third-order valence-electron chi connectivity index (χ3n) is 4.31. The molecule has 146 valence electrons. The van der Waals surface area contributed by atoms with Crippen LogP contribution in [0.25, 0.3) is 0 Å². The molecule has 1 aliphatic rings. The van der Waals surface area contributed by atoms with Crippen LogP contribution in [0, 0.1) is 12.8 Å². The number of pyridine rings is 1. The number of nitrogens with one attached hydrogen (secondary N) is 1. The lowest BCUT2D eigenvalue weighted by atomic mass is 10.2. The Hall–Kier alpha value is -2.65. The van der Waals surface area contributed by atoms with Gasteiger partial charge in [0.2, 0.25) is 11.7 Å². The highest BCUT2D eigenvalue weighted by atomic mass is 19.4. The Morgan fingerprint density at radius 2 is 2.04 bits per heavy atom. The number of ether oxygens (including phenoxy) is 1. The number of alkyl halides is 3. The summed E-state index contributed by atoms with van der Waals surface area (Å²) < 4.78 is 46.5. The summed E-state index contributed by atoms with van der Waals surface area (Å²) in [5.41, 5.74) is -2.11. The highest BCUT2D eigenvalue weighted by molar-refractivity contribution is 5.59. The number of anilines is 2. The number of halogens is 3. The number of aromatic nitrogens is 4. The molecule has 1 N–H and O–H groups in total. The second-order valence-corrected chi connectivity index (χ2v) is 6.44. The zero-order valence-corrected chi connectivity index (χ0v) is 15.2. The van der Waals surface area contributed by atoms with Gasteiger partial charge in [-0.1, -0.05) is 0 Å². The van der Waals surface area contributed by atoms with E-state index in [1.807, 2.05) is 6.92 Å². The Balaban J connectivity index is 2.01. The van der Waals surface area contributed by atoms with Crippen LogP contribution in [-0.2, 0) is 6.18 Å². The van der Waals surface area contributed by atoms with Crippen molar-refractivity contribution in [2.75, 3.05) is 11.9 Å². The second-order valence-electron chi connectivity index (χ2n) is 6.44. The largest absolute Gasteiger partial charge is 0.478 e. The van der Waals surface area contributed by atoms with Crippen molar-refractivity contribution < 1.29 is 17.9 Å². The van der Waals surface area contributed by atoms with Crippen LogP contribution in [0.4, 0.5) is 24.7 Å². The molecular formula is C17H20F3N5O2. The van der Waals surface area contributed by atoms with Gasteiger partial charge in [-0.15, -0.1) is 0 Å². The maximum atomic E-state index is 13.4. The second kappa shape index (κ2) is 7.16. The quantitative estimate of drug-likeness (QED) is 0.823. The fourth-order valence-corrected chi connectivity index (χ4v) is 2.79. The van der Waals surface area contributed by atoms with Gasteiger partial charge in [0, 0.05) is 6.07 Å². The lowest BCUT2D eigenvalue weighted by molar-refractivity contribution is -0.140. The van der Waals surface area contributed by atoms with Crippen molar-refractivity contribution in [3.8, 4) is 5.88 Å². The van der Waals surface area contributed by atoms with Crippen LogP contribution < -0.4 is 15.6 Å². The van der Waals surface area contributed by atoms with Gasteiger partial charge < -0.3 is 10.1 Å². The molecule has 27 heavy (non-hydrogen) atoms. The van der Waals surface area contributed by atoms with Crippen molar-refractivity contribution in [2.24, 2.45) is 5.92 Å². The minimum absolute atomic E-state index is 0.139. The van der Waals surface area contributed by atoms with Crippen LogP contribution in [0.5, 0.6) is 5.88 Å². The number of hydrogen-bond donors (Lipinski definition) is 1. The molecule has 3 rings (SSSR count). The molecule has 0 unspecified atom stereocenters. The van der Waals surface area contributed by atoms with Gasteiger partial charge in [0.05, 0.1) is 18.3 Å². The summed E-state index contributed by atoms with van der Waals surface area (Å²) in [6.45, 7) is 5.29. The van der Waals surface area contributed by atoms with Crippen LogP contribution >= 0.6 is 0 Å². The van der Waals surface area contributed by atoms with E-state index in [0.29, 0.717) is 5.92 Å². The molecule has 0 saturated heterocycles. The molecule has 1 fully saturated rings. The first-order chi connectivity index (χ1) is 12.7. The molecule has 0 radical (unpaired) electrons. The van der Waals surface area contributed by atoms with Crippen molar-refractivity contribution in [1.29, 1.82) is 0 Å². The van der Waals surface area contributed by atoms with Crippen molar-refractivity contribution in [3.05, 3.63) is 34.0 Å². The lowest BCUT2D eigenvalue weighted by Gasteiger charge is -2.17. The average molecular weight is 383 g/mol. The first kappa shape index (κ1) is 19.1. The molecular weight excluding hydrogens is 363 g/mol. The maximum absolute atomic E-state index is 13.4. The Morgan fingerprint density at radius 3 is 2.63 bits per heavy atom. The zero-order valence-electron chi connectivity index (χ0n) is 15.2. The highest BCUT2D eigenvalue weighted by Gasteiger charge is 2.37. The van der Waals surface area contributed by atoms with Gasteiger partial charge in [0.15, 0.2) is 5.69 Å². The lowest BCUT2D eigenvalue weighted by Crippen LogP contribution is -2.31. The Bertz CT molecular complexity index is 893. The molecule has 0 spiro atoms. The standard InChI is InChI=1S/C17H20F3N5O2/c1-4-27-13-8-7-12(14(23-13)17(18,19)20)22-15-16(26)25(24-10(3)21-15)9(2)11-5-6-11/h7-9,11H,4-6H2,1-3H3,(H,21,22,24)/t9-/m1/s1. The Morgan fingerprint density at radius 1 is 1.33 bits per heavy atom. The number of nitrogens with zero attached hydrogens (tertiary/aromatic N) is 4. The van der Waals surface area contributed by atoms with Gasteiger partial charge in [-0.25, -0.2) is 14.6 Å². The third-order valence-corrected chi connectivity index (χ3v) is 4.31. The number of rotatable bonds is 6. The molecule has 2 heterocycles. The summed E-state index contributed by atoms with van der Waals surface area (Å²) >= 11 is 0. The summed E-state index contributed by atoms with van der Waals surface area (Å²) in [6.07, 6.45) is -2.72. The van der Waals surface area contributed by atoms with Gasteiger partial charge >= 0.3 is 11.7 Å². The van der Waals surface area contributed by atoms with E-state index in [2.05, 4.69) is 20.4 Å². The normalized spacial score (nSPS) is 15.5. The number of hydrogen-bond acceptors (Lipinski definition) is 6. The minimum Gasteiger partial charge on any atom is -0.478 e. The smallest absolute Gasteiger partial charge is 0.435 e. The predicted octanol–water partition coefficient (Wildman–Crippen LogP) is 3.47. The van der Waals surface area contributed by atoms with Crippen LogP contribution in [0.1, 0.15) is 44.2 Å². The summed E-state index contributed by atoms with van der Waals surface area (Å²) in [6, 6.07) is 2.34. The average Bonchev–Trinajstić information content (AvgIpc) is 3.43. The summed E-state index contributed by atoms with van der Waals surface area (Å²) in [5, 5.41) is 6.63. The minimum atomic E-state index is -4.72. The van der Waals surface area contributed by atoms with Crippen molar-refractivity contribution in [1.82, 2.24) is 19.7 Å². The van der Waals surface area contributed by atoms with Crippen LogP contribution in [0.15, 0.2) is 16.9 Å². The summed E-state index contributed by atoms with van der Waals surface area (Å²) in [5.74, 6) is 0.278. The highest BCUT2D eigenvalue weighted by Crippen LogP contribution is 2.39. The van der Waals surface area contributed by atoms with Gasteiger partial charge in [-0.2, -0.15) is 18.3 Å². The first-order valence-corrected chi connectivity index (χ1v) is 8.66. The van der Waals surface area contributed by atoms with Crippen molar-refractivity contribution >= 4 is 11.5 Å². The monoisotopic (exact) mass is 383 g/mol. The zero-order chi connectivity index (χ0) is 19.8. The van der Waals surface area contributed by atoms with Crippen LogP contribution in [-0.4, -0.2) is 26.4 Å². The molecule has 2 aromatic heterocycles. The number of aryl methyl sites for hydroxylation is 1. The van der Waals surface area contributed by atoms with Crippen LogP contribution in [0.2, 0.25) is 0 Å². The third kappa shape index (κ3) is 4.20. The van der Waals surface area contributed by atoms with Gasteiger partial charge in [-0.3, -0.25) is 4.79 Å². The molecule has 0 bridgehead atoms. The fraction of sp³-hybridized carbons (Fsp3) is 0.529. The van der Waals surface area contributed by atoms with E-state index in [0.717, 1.165) is 12.8 Å². The molecule has 7 nitrogen and oxygen atoms in total. The maximum Gasteiger partial charge on any atom is 0.435 e. The molecule has 0 aromatic carbocycles. The molecule has 1 atom stereocenters. The molecule has 0 aliphatic heterocycles. The molecule has 1 aliphatic carbocycles. The molecule has 2 aromatic rings. The van der Waals surface area contributed by atoms with E-state index in [1.165, 1.54) is 16.8 Å². The van der Waals surface area contributed by atoms with Crippen molar-refractivity contribution in [2.45, 2.75) is 45.8 Å². The Kier molecular flexibility index (Phi) is 5.07. The molecule has 1 saturated carbocycles. The molecule has 0 amide bonds. The van der Waals surface area contributed by atoms with E-state index < -0.39 is 17.4 Å². The van der Waals surface area contributed by atoms with Gasteiger partial charge in [0.1, 0.15) is 5.82 Å².